The van der Waals surface area contributed by atoms with E-state index >= 15 is 0 Å². The van der Waals surface area contributed by atoms with E-state index in [1.807, 2.05) is 24.3 Å². The first kappa shape index (κ1) is 23.9. The number of alkyl halides is 6. The highest BCUT2D eigenvalue weighted by molar-refractivity contribution is 6.09. The molecule has 0 radical (unpaired) electrons. The molecule has 0 amide bonds. The summed E-state index contributed by atoms with van der Waals surface area (Å²) in [6.07, 6.45) is -8.93. The molecule has 0 aliphatic heterocycles. The van der Waals surface area contributed by atoms with E-state index in [2.05, 4.69) is 0 Å². The lowest BCUT2D eigenvalue weighted by atomic mass is 9.90. The zero-order chi connectivity index (χ0) is 25.8. The molecule has 0 atom stereocenters. The second-order valence-corrected chi connectivity index (χ2v) is 8.96. The van der Waals surface area contributed by atoms with Crippen LogP contribution in [-0.4, -0.2) is 0 Å². The van der Waals surface area contributed by atoms with Crippen LogP contribution in [0.5, 0.6) is 0 Å². The summed E-state index contributed by atoms with van der Waals surface area (Å²) < 4.78 is 81.2. The molecular weight excluding hydrogens is 474 g/mol. The summed E-state index contributed by atoms with van der Waals surface area (Å²) in [5, 5.41) is 3.09. The molecule has 0 nitrogen and oxygen atoms in total. The lowest BCUT2D eigenvalue weighted by molar-refractivity contribution is -0.138. The molecule has 0 fully saturated rings. The molecule has 0 spiro atoms. The number of hydrogen-bond acceptors (Lipinski definition) is 0. The van der Waals surface area contributed by atoms with Crippen LogP contribution in [0.1, 0.15) is 22.3 Å². The van der Waals surface area contributed by atoms with E-state index < -0.39 is 23.5 Å². The van der Waals surface area contributed by atoms with Crippen molar-refractivity contribution in [3.05, 3.63) is 107 Å². The Bertz CT molecular complexity index is 1500. The average molecular weight is 494 g/mol. The van der Waals surface area contributed by atoms with Crippen LogP contribution < -0.4 is 0 Å². The first-order valence-electron chi connectivity index (χ1n) is 11.3. The Morgan fingerprint density at radius 3 is 1.22 bits per heavy atom. The second-order valence-electron chi connectivity index (χ2n) is 8.96. The fourth-order valence-electron chi connectivity index (χ4n) is 4.74. The Kier molecular flexibility index (Phi) is 5.58. The first-order chi connectivity index (χ1) is 16.9. The highest BCUT2D eigenvalue weighted by atomic mass is 19.4. The van der Waals surface area contributed by atoms with Crippen LogP contribution in [0.3, 0.4) is 0 Å². The maximum atomic E-state index is 13.5. The Morgan fingerprint density at radius 1 is 0.472 bits per heavy atom. The maximum absolute atomic E-state index is 13.5. The van der Waals surface area contributed by atoms with Crippen LogP contribution in [0.25, 0.3) is 43.8 Å². The van der Waals surface area contributed by atoms with Gasteiger partial charge in [0.25, 0.3) is 0 Å². The summed E-state index contributed by atoms with van der Waals surface area (Å²) in [6, 6.07) is 23.2. The van der Waals surface area contributed by atoms with E-state index in [1.54, 1.807) is 36.4 Å². The van der Waals surface area contributed by atoms with Crippen molar-refractivity contribution in [2.45, 2.75) is 26.2 Å². The van der Waals surface area contributed by atoms with E-state index in [9.17, 15) is 26.3 Å². The van der Waals surface area contributed by atoms with Gasteiger partial charge >= 0.3 is 12.4 Å². The van der Waals surface area contributed by atoms with Crippen molar-refractivity contribution in [3.8, 4) is 22.3 Å². The minimum atomic E-state index is -4.46. The third kappa shape index (κ3) is 4.21. The van der Waals surface area contributed by atoms with Crippen molar-refractivity contribution < 1.29 is 26.3 Å². The van der Waals surface area contributed by atoms with Gasteiger partial charge in [-0.05, 0) is 93.0 Å². The van der Waals surface area contributed by atoms with Gasteiger partial charge in [0.15, 0.2) is 0 Å². The van der Waals surface area contributed by atoms with Crippen LogP contribution >= 0.6 is 0 Å². The Hall–Kier alpha value is -3.80. The van der Waals surface area contributed by atoms with E-state index in [0.717, 1.165) is 33.7 Å². The summed E-state index contributed by atoms with van der Waals surface area (Å²) in [7, 11) is 0. The van der Waals surface area contributed by atoms with Crippen molar-refractivity contribution in [3.63, 3.8) is 0 Å². The second kappa shape index (κ2) is 8.40. The average Bonchev–Trinajstić information content (AvgIpc) is 2.81. The fraction of sp³-hybridized carbons (Fsp3) is 0.133. The third-order valence-electron chi connectivity index (χ3n) is 6.59. The quantitative estimate of drug-likeness (QED) is 0.169. The minimum Gasteiger partial charge on any atom is -0.166 e. The molecule has 5 rings (SSSR count). The summed E-state index contributed by atoms with van der Waals surface area (Å²) in [5.41, 5.74) is 1.14. The molecule has 0 saturated carbocycles. The van der Waals surface area contributed by atoms with Crippen molar-refractivity contribution in [1.82, 2.24) is 0 Å². The van der Waals surface area contributed by atoms with Crippen molar-refractivity contribution in [2.24, 2.45) is 0 Å². The van der Waals surface area contributed by atoms with Gasteiger partial charge in [-0.3, -0.25) is 0 Å². The van der Waals surface area contributed by atoms with E-state index in [4.69, 9.17) is 0 Å². The molecule has 6 heteroatoms. The molecule has 0 N–H and O–H groups in total. The SMILES string of the molecule is Cc1ccc(-c2cccc3cc4c(-c5ccc(C)c(C(F)(F)F)c5)cccc4cc23)cc1C(F)(F)F. The zero-order valence-corrected chi connectivity index (χ0v) is 19.4. The molecule has 36 heavy (non-hydrogen) atoms. The highest BCUT2D eigenvalue weighted by Crippen LogP contribution is 2.40. The minimum absolute atomic E-state index is 0.151. The van der Waals surface area contributed by atoms with Crippen LogP contribution in [0.2, 0.25) is 0 Å². The van der Waals surface area contributed by atoms with Crippen LogP contribution in [0, 0.1) is 13.8 Å². The molecule has 0 aliphatic rings. The number of fused-ring (bicyclic) bond motifs is 2. The van der Waals surface area contributed by atoms with Gasteiger partial charge < -0.3 is 0 Å². The molecular formula is C30H20F6. The molecule has 0 aliphatic carbocycles. The summed E-state index contributed by atoms with van der Waals surface area (Å²) in [4.78, 5) is 0. The third-order valence-corrected chi connectivity index (χ3v) is 6.59. The first-order valence-corrected chi connectivity index (χ1v) is 11.3. The van der Waals surface area contributed by atoms with E-state index in [-0.39, 0.29) is 11.1 Å². The number of hydrogen-bond donors (Lipinski definition) is 0. The van der Waals surface area contributed by atoms with Crippen LogP contribution in [0.15, 0.2) is 84.9 Å². The Labute approximate surface area is 203 Å². The standard InChI is InChI=1S/C30H20F6/c1-17-9-11-21(15-27(17)29(31,32)33)23-7-3-5-19-14-26-20(13-25(19)23)6-4-8-24(26)22-12-10-18(2)28(16-22)30(34,35)36/h3-16H,1-2H3. The van der Waals surface area contributed by atoms with Crippen molar-refractivity contribution in [2.75, 3.05) is 0 Å². The molecule has 0 aromatic heterocycles. The molecule has 182 valence electrons. The molecule has 5 aromatic rings. The number of aryl methyl sites for hydroxylation is 2. The molecule has 0 saturated heterocycles. The number of halogens is 6. The summed E-state index contributed by atoms with van der Waals surface area (Å²) in [6.45, 7) is 2.86. The predicted octanol–water partition coefficient (Wildman–Crippen LogP) is 9.98. The smallest absolute Gasteiger partial charge is 0.166 e. The number of rotatable bonds is 2. The molecule has 5 aromatic carbocycles. The van der Waals surface area contributed by atoms with Crippen LogP contribution in [-0.2, 0) is 12.4 Å². The van der Waals surface area contributed by atoms with Gasteiger partial charge in [0.05, 0.1) is 11.1 Å². The van der Waals surface area contributed by atoms with Crippen molar-refractivity contribution >= 4 is 21.5 Å². The van der Waals surface area contributed by atoms with Gasteiger partial charge in [0.1, 0.15) is 0 Å². The van der Waals surface area contributed by atoms with E-state index in [1.165, 1.54) is 26.0 Å². The van der Waals surface area contributed by atoms with Gasteiger partial charge in [-0.1, -0.05) is 60.7 Å². The fourth-order valence-corrected chi connectivity index (χ4v) is 4.74. The van der Waals surface area contributed by atoms with Gasteiger partial charge in [0.2, 0.25) is 0 Å². The predicted molar refractivity (Wildman–Crippen MR) is 132 cm³/mol. The molecule has 0 unspecified atom stereocenters. The monoisotopic (exact) mass is 494 g/mol. The lowest BCUT2D eigenvalue weighted by Crippen LogP contribution is -2.07. The highest BCUT2D eigenvalue weighted by Gasteiger charge is 2.33. The summed E-state index contributed by atoms with van der Waals surface area (Å²) >= 11 is 0. The topological polar surface area (TPSA) is 0 Å². The Morgan fingerprint density at radius 2 is 0.861 bits per heavy atom. The van der Waals surface area contributed by atoms with Gasteiger partial charge in [0, 0.05) is 0 Å². The zero-order valence-electron chi connectivity index (χ0n) is 19.4. The largest absolute Gasteiger partial charge is 0.416 e. The normalized spacial score (nSPS) is 12.4. The maximum Gasteiger partial charge on any atom is 0.416 e. The summed E-state index contributed by atoms with van der Waals surface area (Å²) in [5.74, 6) is 0. The van der Waals surface area contributed by atoms with Crippen LogP contribution in [0.4, 0.5) is 26.3 Å². The lowest BCUT2D eigenvalue weighted by Gasteiger charge is -2.16. The van der Waals surface area contributed by atoms with Gasteiger partial charge in [-0.2, -0.15) is 26.3 Å². The Balaban J connectivity index is 1.72. The number of benzene rings is 5. The van der Waals surface area contributed by atoms with Crippen molar-refractivity contribution in [1.29, 1.82) is 0 Å². The van der Waals surface area contributed by atoms with Gasteiger partial charge in [-0.15, -0.1) is 0 Å². The molecule has 0 bridgehead atoms. The molecule has 0 heterocycles. The van der Waals surface area contributed by atoms with E-state index in [0.29, 0.717) is 22.3 Å². The van der Waals surface area contributed by atoms with Gasteiger partial charge in [-0.25, -0.2) is 0 Å².